The first-order chi connectivity index (χ1) is 19.3. The number of allylic oxidation sites excluding steroid dienone is 2. The molecule has 0 fully saturated rings. The maximum Gasteiger partial charge on any atom is 0.416 e. The first-order valence-electron chi connectivity index (χ1n) is 13.3. The highest BCUT2D eigenvalue weighted by Gasteiger charge is 2.32. The summed E-state index contributed by atoms with van der Waals surface area (Å²) in [6.07, 6.45) is 7.79. The number of ether oxygens (including phenoxy) is 2. The molecule has 0 saturated carbocycles. The van der Waals surface area contributed by atoms with E-state index in [1.165, 1.54) is 0 Å². The van der Waals surface area contributed by atoms with Crippen LogP contribution < -0.4 is 20.5 Å². The zero-order valence-electron chi connectivity index (χ0n) is 22.1. The molecular weight excluding hydrogens is 553 g/mol. The minimum Gasteiger partial charge on any atom is -0.493 e. The molecule has 1 aliphatic carbocycles. The average Bonchev–Trinajstić information content (AvgIpc) is 2.96. The van der Waals surface area contributed by atoms with Crippen molar-refractivity contribution in [1.29, 1.82) is 0 Å². The number of carbonyl (C=O) groups is 1. The number of nitrogens with two attached hydrogens (primary N) is 1. The van der Waals surface area contributed by atoms with Crippen LogP contribution in [-0.4, -0.2) is 66.2 Å². The zero-order valence-corrected chi connectivity index (χ0v) is 23.6. The predicted molar refractivity (Wildman–Crippen MR) is 157 cm³/mol. The number of aliphatic hydroxyl groups is 2. The van der Waals surface area contributed by atoms with Crippen LogP contribution in [0.1, 0.15) is 24.4 Å². The second-order valence-electron chi connectivity index (χ2n) is 9.75. The van der Waals surface area contributed by atoms with Gasteiger partial charge in [-0.15, -0.1) is 0 Å². The molecule has 0 saturated heterocycles. The number of halogens is 2. The van der Waals surface area contributed by atoms with E-state index in [0.29, 0.717) is 60.6 Å². The van der Waals surface area contributed by atoms with Gasteiger partial charge in [0.15, 0.2) is 0 Å². The van der Waals surface area contributed by atoms with Gasteiger partial charge < -0.3 is 30.7 Å². The standard InChI is InChI=1S/C30H35Cl2N3O5/c31-22-3-8-26(9-4-22)40-30(38)35-14-11-21(27-18-23(32)5-10-28(27)33)17-29(35)20-1-6-25(7-2-20)39-16-12-24(37)19-34-13-15-36/h1-10,17-18,24,27-29,34,36-37H,11-16,19,33H2/t24?,27?,28?,29-/m1/s1. The molecule has 0 bridgehead atoms. The predicted octanol–water partition coefficient (Wildman–Crippen LogP) is 4.56. The highest BCUT2D eigenvalue weighted by molar-refractivity contribution is 6.31. The van der Waals surface area contributed by atoms with Gasteiger partial charge in [-0.05, 0) is 54.5 Å². The van der Waals surface area contributed by atoms with Gasteiger partial charge in [0, 0.05) is 48.1 Å². The first kappa shape index (κ1) is 30.1. The maximum absolute atomic E-state index is 13.3. The van der Waals surface area contributed by atoms with E-state index in [1.807, 2.05) is 42.5 Å². The molecule has 5 N–H and O–H groups in total. The number of aliphatic hydroxyl groups excluding tert-OH is 2. The summed E-state index contributed by atoms with van der Waals surface area (Å²) in [5.41, 5.74) is 8.39. The Labute approximate surface area is 244 Å². The Kier molecular flexibility index (Phi) is 11.1. The van der Waals surface area contributed by atoms with Crippen LogP contribution in [0.2, 0.25) is 5.02 Å². The molecule has 4 atom stereocenters. The third-order valence-electron chi connectivity index (χ3n) is 6.87. The molecule has 0 aromatic heterocycles. The van der Waals surface area contributed by atoms with E-state index in [1.54, 1.807) is 29.2 Å². The summed E-state index contributed by atoms with van der Waals surface area (Å²) in [7, 11) is 0. The minimum atomic E-state index is -0.569. The van der Waals surface area contributed by atoms with Crippen LogP contribution in [0.25, 0.3) is 0 Å². The van der Waals surface area contributed by atoms with E-state index in [0.717, 1.165) is 11.1 Å². The second kappa shape index (κ2) is 14.7. The summed E-state index contributed by atoms with van der Waals surface area (Å²) in [6.45, 7) is 1.64. The van der Waals surface area contributed by atoms with Gasteiger partial charge >= 0.3 is 6.09 Å². The molecule has 4 rings (SSSR count). The fourth-order valence-electron chi connectivity index (χ4n) is 4.72. The molecule has 1 aliphatic heterocycles. The molecule has 214 valence electrons. The second-order valence-corrected chi connectivity index (χ2v) is 10.6. The van der Waals surface area contributed by atoms with E-state index in [9.17, 15) is 9.90 Å². The number of hydrogen-bond donors (Lipinski definition) is 4. The summed E-state index contributed by atoms with van der Waals surface area (Å²) in [5.74, 6) is 1.01. The minimum absolute atomic E-state index is 0.0263. The van der Waals surface area contributed by atoms with Crippen molar-refractivity contribution in [3.05, 3.63) is 94.0 Å². The number of nitrogens with one attached hydrogen (secondary N) is 1. The Morgan fingerprint density at radius 2 is 1.82 bits per heavy atom. The molecule has 0 radical (unpaired) electrons. The smallest absolute Gasteiger partial charge is 0.416 e. The van der Waals surface area contributed by atoms with Crippen LogP contribution in [0, 0.1) is 5.92 Å². The Hall–Kier alpha value is -2.85. The van der Waals surface area contributed by atoms with Crippen molar-refractivity contribution in [2.24, 2.45) is 11.7 Å². The van der Waals surface area contributed by atoms with E-state index < -0.39 is 12.2 Å². The largest absolute Gasteiger partial charge is 0.493 e. The van der Waals surface area contributed by atoms with E-state index in [2.05, 4.69) is 11.4 Å². The van der Waals surface area contributed by atoms with Crippen LogP contribution in [0.3, 0.4) is 0 Å². The van der Waals surface area contributed by atoms with E-state index in [-0.39, 0.29) is 24.6 Å². The SMILES string of the molecule is NC1C=CC(Cl)=CC1C1=C[C@H](c2ccc(OCCC(O)CNCCO)cc2)N(C(=O)Oc2ccc(Cl)cc2)CC1. The third kappa shape index (κ3) is 8.33. The highest BCUT2D eigenvalue weighted by Crippen LogP contribution is 2.36. The molecule has 1 heterocycles. The molecule has 3 unspecified atom stereocenters. The van der Waals surface area contributed by atoms with Crippen molar-refractivity contribution in [3.63, 3.8) is 0 Å². The fourth-order valence-corrected chi connectivity index (χ4v) is 5.06. The van der Waals surface area contributed by atoms with Gasteiger partial charge in [-0.25, -0.2) is 4.79 Å². The van der Waals surface area contributed by atoms with E-state index >= 15 is 0 Å². The third-order valence-corrected chi connectivity index (χ3v) is 7.38. The van der Waals surface area contributed by atoms with Crippen LogP contribution in [0.4, 0.5) is 4.79 Å². The number of nitrogens with zero attached hydrogens (tertiary/aromatic N) is 1. The summed E-state index contributed by atoms with van der Waals surface area (Å²) in [4.78, 5) is 15.0. The summed E-state index contributed by atoms with van der Waals surface area (Å²) >= 11 is 12.3. The lowest BCUT2D eigenvalue weighted by Gasteiger charge is -2.37. The van der Waals surface area contributed by atoms with Crippen molar-refractivity contribution in [2.45, 2.75) is 31.0 Å². The van der Waals surface area contributed by atoms with Gasteiger partial charge in [0.25, 0.3) is 0 Å². The lowest BCUT2D eigenvalue weighted by atomic mass is 9.83. The van der Waals surface area contributed by atoms with Crippen molar-refractivity contribution < 1.29 is 24.5 Å². The molecule has 0 spiro atoms. The first-order valence-corrected chi connectivity index (χ1v) is 14.1. The Balaban J connectivity index is 1.49. The van der Waals surface area contributed by atoms with Crippen LogP contribution in [0.15, 0.2) is 83.4 Å². The Bertz CT molecular complexity index is 1220. The zero-order chi connectivity index (χ0) is 28.5. The quantitative estimate of drug-likeness (QED) is 0.225. The van der Waals surface area contributed by atoms with E-state index in [4.69, 9.17) is 43.5 Å². The van der Waals surface area contributed by atoms with Crippen molar-refractivity contribution in [3.8, 4) is 11.5 Å². The number of carbonyl (C=O) groups excluding carboxylic acids is 1. The van der Waals surface area contributed by atoms with Crippen LogP contribution >= 0.6 is 23.2 Å². The maximum atomic E-state index is 13.3. The van der Waals surface area contributed by atoms with Crippen molar-refractivity contribution in [1.82, 2.24) is 10.2 Å². The van der Waals surface area contributed by atoms with Gasteiger partial charge in [0.05, 0.1) is 25.4 Å². The van der Waals surface area contributed by atoms with Gasteiger partial charge in [-0.1, -0.05) is 59.1 Å². The fraction of sp³-hybridized carbons (Fsp3) is 0.367. The molecule has 1 amide bonds. The van der Waals surface area contributed by atoms with Crippen LogP contribution in [-0.2, 0) is 0 Å². The molecule has 2 aromatic carbocycles. The molecular formula is C30H35Cl2N3O5. The van der Waals surface area contributed by atoms with Gasteiger partial charge in [-0.2, -0.15) is 0 Å². The van der Waals surface area contributed by atoms with Gasteiger partial charge in [0.2, 0.25) is 0 Å². The lowest BCUT2D eigenvalue weighted by molar-refractivity contribution is 0.135. The van der Waals surface area contributed by atoms with Crippen molar-refractivity contribution in [2.75, 3.05) is 32.8 Å². The monoisotopic (exact) mass is 587 g/mol. The number of hydrogen-bond acceptors (Lipinski definition) is 7. The summed E-state index contributed by atoms with van der Waals surface area (Å²) in [5, 5.41) is 23.0. The molecule has 8 nitrogen and oxygen atoms in total. The van der Waals surface area contributed by atoms with Crippen LogP contribution in [0.5, 0.6) is 11.5 Å². The summed E-state index contributed by atoms with van der Waals surface area (Å²) < 4.78 is 11.5. The molecule has 40 heavy (non-hydrogen) atoms. The normalized spacial score (nSPS) is 21.4. The number of rotatable bonds is 11. The van der Waals surface area contributed by atoms with Crippen molar-refractivity contribution >= 4 is 29.3 Å². The number of benzene rings is 2. The molecule has 2 aromatic rings. The van der Waals surface area contributed by atoms with Gasteiger partial charge in [0.1, 0.15) is 11.5 Å². The highest BCUT2D eigenvalue weighted by atomic mass is 35.5. The lowest BCUT2D eigenvalue weighted by Crippen LogP contribution is -2.41. The number of amides is 1. The molecule has 2 aliphatic rings. The average molecular weight is 589 g/mol. The summed E-state index contributed by atoms with van der Waals surface area (Å²) in [6, 6.07) is 13.6. The Morgan fingerprint density at radius 3 is 2.55 bits per heavy atom. The van der Waals surface area contributed by atoms with Gasteiger partial charge in [-0.3, -0.25) is 4.90 Å². The molecule has 10 heteroatoms. The topological polar surface area (TPSA) is 117 Å². The Morgan fingerprint density at radius 1 is 1.10 bits per heavy atom.